The van der Waals surface area contributed by atoms with Gasteiger partial charge in [-0.15, -0.1) is 0 Å². The van der Waals surface area contributed by atoms with E-state index in [2.05, 4.69) is 10.6 Å². The molecule has 0 spiro atoms. The molecule has 0 aromatic heterocycles. The third-order valence-electron chi connectivity index (χ3n) is 3.18. The first-order valence-corrected chi connectivity index (χ1v) is 6.86. The second-order valence-electron chi connectivity index (χ2n) is 5.62. The lowest BCUT2D eigenvalue weighted by Gasteiger charge is -2.26. The van der Waals surface area contributed by atoms with Gasteiger partial charge in [0.15, 0.2) is 0 Å². The molecule has 2 rings (SSSR count). The Bertz CT molecular complexity index is 561. The van der Waals surface area contributed by atoms with Gasteiger partial charge in [-0.1, -0.05) is 43.7 Å². The van der Waals surface area contributed by atoms with Gasteiger partial charge in [-0.3, -0.25) is 9.59 Å². The lowest BCUT2D eigenvalue weighted by molar-refractivity contribution is -0.131. The third kappa shape index (κ3) is 3.47. The maximum Gasteiger partial charge on any atom is 0.268 e. The van der Waals surface area contributed by atoms with Gasteiger partial charge in [-0.2, -0.15) is 0 Å². The first-order chi connectivity index (χ1) is 9.45. The van der Waals surface area contributed by atoms with Crippen LogP contribution in [-0.2, 0) is 9.59 Å². The smallest absolute Gasteiger partial charge is 0.268 e. The van der Waals surface area contributed by atoms with Gasteiger partial charge in [0.2, 0.25) is 5.91 Å². The summed E-state index contributed by atoms with van der Waals surface area (Å²) in [6.45, 7) is 6.04. The monoisotopic (exact) mass is 272 g/mol. The molecule has 1 heterocycles. The van der Waals surface area contributed by atoms with Crippen molar-refractivity contribution in [2.75, 3.05) is 0 Å². The van der Waals surface area contributed by atoms with Crippen molar-refractivity contribution in [3.05, 3.63) is 41.1 Å². The predicted octanol–water partition coefficient (Wildman–Crippen LogP) is 2.00. The van der Waals surface area contributed by atoms with Crippen LogP contribution in [0.1, 0.15) is 31.4 Å². The fourth-order valence-electron chi connectivity index (χ4n) is 2.24. The standard InChI is InChI=1S/C16H20N2O2/c1-10(2)7-13-15(19)18-14(16(20)17-13)9-12-6-4-5-11(3)8-12/h4-6,8-10,13H,7H2,1-3H3,(H,17,20)(H,18,19)/b14-9+. The zero-order chi connectivity index (χ0) is 14.7. The summed E-state index contributed by atoms with van der Waals surface area (Å²) in [7, 11) is 0. The van der Waals surface area contributed by atoms with Crippen LogP contribution in [0, 0.1) is 12.8 Å². The molecule has 4 heteroatoms. The summed E-state index contributed by atoms with van der Waals surface area (Å²) >= 11 is 0. The van der Waals surface area contributed by atoms with E-state index in [1.165, 1.54) is 0 Å². The van der Waals surface area contributed by atoms with Crippen LogP contribution in [0.4, 0.5) is 0 Å². The van der Waals surface area contributed by atoms with E-state index in [0.717, 1.165) is 11.1 Å². The molecule has 4 nitrogen and oxygen atoms in total. The Hall–Kier alpha value is -2.10. The highest BCUT2D eigenvalue weighted by molar-refractivity contribution is 6.07. The average Bonchev–Trinajstić information content (AvgIpc) is 2.35. The third-order valence-corrected chi connectivity index (χ3v) is 3.18. The Labute approximate surface area is 119 Å². The first kappa shape index (κ1) is 14.3. The number of rotatable bonds is 3. The molecule has 1 unspecified atom stereocenters. The number of amides is 2. The average molecular weight is 272 g/mol. The summed E-state index contributed by atoms with van der Waals surface area (Å²) in [6.07, 6.45) is 2.35. The highest BCUT2D eigenvalue weighted by Gasteiger charge is 2.29. The highest BCUT2D eigenvalue weighted by Crippen LogP contribution is 2.13. The van der Waals surface area contributed by atoms with E-state index in [1.54, 1.807) is 6.08 Å². The maximum absolute atomic E-state index is 12.0. The summed E-state index contributed by atoms with van der Waals surface area (Å²) in [5.74, 6) is -0.0117. The number of benzene rings is 1. The molecule has 0 bridgehead atoms. The minimum atomic E-state index is -0.433. The fourth-order valence-corrected chi connectivity index (χ4v) is 2.24. The van der Waals surface area contributed by atoms with Crippen LogP contribution in [0.25, 0.3) is 6.08 Å². The second kappa shape index (κ2) is 5.90. The van der Waals surface area contributed by atoms with E-state index >= 15 is 0 Å². The number of nitrogens with one attached hydrogen (secondary N) is 2. The molecule has 1 aliphatic heterocycles. The molecule has 1 aromatic rings. The normalized spacial score (nSPS) is 21.0. The molecule has 1 fully saturated rings. The Morgan fingerprint density at radius 2 is 2.05 bits per heavy atom. The Kier molecular flexibility index (Phi) is 4.23. The quantitative estimate of drug-likeness (QED) is 0.827. The molecule has 1 aromatic carbocycles. The van der Waals surface area contributed by atoms with Gasteiger partial charge in [-0.05, 0) is 30.9 Å². The van der Waals surface area contributed by atoms with Gasteiger partial charge < -0.3 is 10.6 Å². The zero-order valence-electron chi connectivity index (χ0n) is 12.1. The van der Waals surface area contributed by atoms with Crippen LogP contribution in [0.5, 0.6) is 0 Å². The predicted molar refractivity (Wildman–Crippen MR) is 78.7 cm³/mol. The molecule has 2 N–H and O–H groups in total. The summed E-state index contributed by atoms with van der Waals surface area (Å²) in [5.41, 5.74) is 2.32. The van der Waals surface area contributed by atoms with Crippen molar-refractivity contribution < 1.29 is 9.59 Å². The molecule has 2 amide bonds. The maximum atomic E-state index is 12.0. The van der Waals surface area contributed by atoms with E-state index in [4.69, 9.17) is 0 Å². The van der Waals surface area contributed by atoms with Crippen molar-refractivity contribution in [3.8, 4) is 0 Å². The molecule has 20 heavy (non-hydrogen) atoms. The van der Waals surface area contributed by atoms with Gasteiger partial charge in [0.1, 0.15) is 11.7 Å². The van der Waals surface area contributed by atoms with E-state index in [-0.39, 0.29) is 11.8 Å². The van der Waals surface area contributed by atoms with Gasteiger partial charge >= 0.3 is 0 Å². The van der Waals surface area contributed by atoms with Gasteiger partial charge in [-0.25, -0.2) is 0 Å². The molecule has 0 aliphatic carbocycles. The van der Waals surface area contributed by atoms with Crippen LogP contribution in [0.15, 0.2) is 30.0 Å². The van der Waals surface area contributed by atoms with E-state index in [9.17, 15) is 9.59 Å². The van der Waals surface area contributed by atoms with Gasteiger partial charge in [0, 0.05) is 0 Å². The molecule has 1 saturated heterocycles. The van der Waals surface area contributed by atoms with Crippen molar-refractivity contribution in [2.45, 2.75) is 33.2 Å². The summed E-state index contributed by atoms with van der Waals surface area (Å²) in [6, 6.07) is 7.34. The molecule has 106 valence electrons. The van der Waals surface area contributed by atoms with Crippen LogP contribution >= 0.6 is 0 Å². The number of piperazine rings is 1. The highest BCUT2D eigenvalue weighted by atomic mass is 16.2. The van der Waals surface area contributed by atoms with Crippen LogP contribution < -0.4 is 10.6 Å². The van der Waals surface area contributed by atoms with E-state index in [1.807, 2.05) is 45.0 Å². The van der Waals surface area contributed by atoms with Gasteiger partial charge in [0.05, 0.1) is 0 Å². The van der Waals surface area contributed by atoms with Crippen molar-refractivity contribution in [1.29, 1.82) is 0 Å². The van der Waals surface area contributed by atoms with E-state index in [0.29, 0.717) is 18.0 Å². The summed E-state index contributed by atoms with van der Waals surface area (Å²) < 4.78 is 0. The topological polar surface area (TPSA) is 58.2 Å². The lowest BCUT2D eigenvalue weighted by atomic mass is 10.0. The van der Waals surface area contributed by atoms with Crippen LogP contribution in [0.3, 0.4) is 0 Å². The molecule has 0 saturated carbocycles. The fraction of sp³-hybridized carbons (Fsp3) is 0.375. The Morgan fingerprint density at radius 3 is 2.70 bits per heavy atom. The number of aryl methyl sites for hydroxylation is 1. The van der Waals surface area contributed by atoms with Crippen LogP contribution in [-0.4, -0.2) is 17.9 Å². The van der Waals surface area contributed by atoms with Crippen molar-refractivity contribution in [2.24, 2.45) is 5.92 Å². The number of carbonyl (C=O) groups is 2. The van der Waals surface area contributed by atoms with Gasteiger partial charge in [0.25, 0.3) is 5.91 Å². The minimum Gasteiger partial charge on any atom is -0.339 e. The first-order valence-electron chi connectivity index (χ1n) is 6.86. The van der Waals surface area contributed by atoms with Crippen molar-refractivity contribution in [3.63, 3.8) is 0 Å². The minimum absolute atomic E-state index is 0.141. The largest absolute Gasteiger partial charge is 0.339 e. The Morgan fingerprint density at radius 1 is 1.30 bits per heavy atom. The van der Waals surface area contributed by atoms with Crippen molar-refractivity contribution in [1.82, 2.24) is 10.6 Å². The summed E-state index contributed by atoms with van der Waals surface area (Å²) in [5, 5.41) is 5.46. The number of carbonyl (C=O) groups excluding carboxylic acids is 2. The van der Waals surface area contributed by atoms with E-state index < -0.39 is 6.04 Å². The molecular weight excluding hydrogens is 252 g/mol. The van der Waals surface area contributed by atoms with Crippen LogP contribution in [0.2, 0.25) is 0 Å². The second-order valence-corrected chi connectivity index (χ2v) is 5.62. The number of hydrogen-bond acceptors (Lipinski definition) is 2. The number of hydrogen-bond donors (Lipinski definition) is 2. The Balaban J connectivity index is 2.16. The zero-order valence-corrected chi connectivity index (χ0v) is 12.1. The summed E-state index contributed by atoms with van der Waals surface area (Å²) in [4.78, 5) is 24.0. The molecule has 0 radical (unpaired) electrons. The molecular formula is C16H20N2O2. The lowest BCUT2D eigenvalue weighted by Crippen LogP contribution is -2.55. The SMILES string of the molecule is Cc1cccc(/C=C2/NC(=O)C(CC(C)C)NC2=O)c1. The van der Waals surface area contributed by atoms with Crippen molar-refractivity contribution >= 4 is 17.9 Å². The molecule has 1 aliphatic rings. The molecule has 1 atom stereocenters.